The molecule has 3 rings (SSSR count). The summed E-state index contributed by atoms with van der Waals surface area (Å²) in [6.45, 7) is 5.83. The van der Waals surface area contributed by atoms with Crippen molar-refractivity contribution in [1.82, 2.24) is 10.3 Å². The molecule has 0 saturated heterocycles. The standard InChI is InChI=1S/C22H26N2OS/c1-4-16(2)18-10-11-21(25-14-17-8-6-5-7-9-17)19(12-18)20-15-26-22(24-20)13-23-3/h5-12,15-16,23H,4,13-14H2,1-3H3. The van der Waals surface area contributed by atoms with Crippen LogP contribution in [0.15, 0.2) is 53.9 Å². The van der Waals surface area contributed by atoms with Gasteiger partial charge >= 0.3 is 0 Å². The van der Waals surface area contributed by atoms with Crippen LogP contribution in [0.3, 0.4) is 0 Å². The van der Waals surface area contributed by atoms with E-state index in [4.69, 9.17) is 9.72 Å². The first-order valence-corrected chi connectivity index (χ1v) is 9.99. The van der Waals surface area contributed by atoms with E-state index in [1.165, 1.54) is 11.1 Å². The maximum absolute atomic E-state index is 6.16. The van der Waals surface area contributed by atoms with E-state index in [2.05, 4.69) is 54.9 Å². The number of nitrogens with one attached hydrogen (secondary N) is 1. The monoisotopic (exact) mass is 366 g/mol. The molecule has 0 aliphatic heterocycles. The summed E-state index contributed by atoms with van der Waals surface area (Å²) in [6, 6.07) is 16.8. The zero-order valence-electron chi connectivity index (χ0n) is 15.7. The predicted molar refractivity (Wildman–Crippen MR) is 110 cm³/mol. The van der Waals surface area contributed by atoms with Crippen LogP contribution < -0.4 is 10.1 Å². The molecule has 1 unspecified atom stereocenters. The van der Waals surface area contributed by atoms with E-state index in [0.29, 0.717) is 12.5 Å². The summed E-state index contributed by atoms with van der Waals surface area (Å²) in [5, 5.41) is 6.38. The van der Waals surface area contributed by atoms with Crippen molar-refractivity contribution >= 4 is 11.3 Å². The number of rotatable bonds is 8. The van der Waals surface area contributed by atoms with Gasteiger partial charge in [-0.1, -0.05) is 50.2 Å². The van der Waals surface area contributed by atoms with E-state index in [-0.39, 0.29) is 0 Å². The fourth-order valence-electron chi connectivity index (χ4n) is 2.82. The van der Waals surface area contributed by atoms with E-state index in [9.17, 15) is 0 Å². The van der Waals surface area contributed by atoms with E-state index in [1.807, 2.05) is 25.2 Å². The Morgan fingerprint density at radius 1 is 1.15 bits per heavy atom. The molecule has 0 spiro atoms. The lowest BCUT2D eigenvalue weighted by Gasteiger charge is -2.15. The second-order valence-electron chi connectivity index (χ2n) is 6.50. The van der Waals surface area contributed by atoms with Gasteiger partial charge in [0.1, 0.15) is 17.4 Å². The van der Waals surface area contributed by atoms with Crippen LogP contribution in [0.5, 0.6) is 5.75 Å². The normalized spacial score (nSPS) is 12.1. The molecule has 0 aliphatic rings. The van der Waals surface area contributed by atoms with Gasteiger partial charge < -0.3 is 10.1 Å². The Kier molecular flexibility index (Phi) is 6.42. The second-order valence-corrected chi connectivity index (χ2v) is 7.44. The van der Waals surface area contributed by atoms with Crippen LogP contribution in [-0.4, -0.2) is 12.0 Å². The summed E-state index contributed by atoms with van der Waals surface area (Å²) >= 11 is 1.68. The van der Waals surface area contributed by atoms with Gasteiger partial charge in [0.2, 0.25) is 0 Å². The molecule has 2 aromatic carbocycles. The summed E-state index contributed by atoms with van der Waals surface area (Å²) in [7, 11) is 1.94. The van der Waals surface area contributed by atoms with Gasteiger partial charge in [-0.2, -0.15) is 0 Å². The van der Waals surface area contributed by atoms with Crippen molar-refractivity contribution in [3.05, 3.63) is 70.0 Å². The van der Waals surface area contributed by atoms with Crippen LogP contribution in [0.25, 0.3) is 11.3 Å². The first-order valence-electron chi connectivity index (χ1n) is 9.11. The summed E-state index contributed by atoms with van der Waals surface area (Å²) < 4.78 is 6.16. The third-order valence-corrected chi connectivity index (χ3v) is 5.43. The lowest BCUT2D eigenvalue weighted by Crippen LogP contribution is -2.04. The maximum Gasteiger partial charge on any atom is 0.129 e. The fourth-order valence-corrected chi connectivity index (χ4v) is 3.62. The number of nitrogens with zero attached hydrogens (tertiary/aromatic N) is 1. The minimum Gasteiger partial charge on any atom is -0.488 e. The summed E-state index contributed by atoms with van der Waals surface area (Å²) in [5.41, 5.74) is 4.57. The predicted octanol–water partition coefficient (Wildman–Crippen LogP) is 5.62. The van der Waals surface area contributed by atoms with Crippen LogP contribution in [0.2, 0.25) is 0 Å². The Morgan fingerprint density at radius 3 is 2.69 bits per heavy atom. The maximum atomic E-state index is 6.16. The summed E-state index contributed by atoms with van der Waals surface area (Å²) in [6.07, 6.45) is 1.12. The molecule has 0 bridgehead atoms. The first kappa shape index (κ1) is 18.6. The van der Waals surface area contributed by atoms with Crippen molar-refractivity contribution in [2.45, 2.75) is 39.3 Å². The number of thiazole rings is 1. The molecular weight excluding hydrogens is 340 g/mol. The Hall–Kier alpha value is -2.17. The molecule has 0 aliphatic carbocycles. The van der Waals surface area contributed by atoms with Gasteiger partial charge in [0, 0.05) is 17.5 Å². The average Bonchev–Trinajstić information content (AvgIpc) is 3.15. The van der Waals surface area contributed by atoms with Crippen LogP contribution in [0.1, 0.15) is 42.3 Å². The van der Waals surface area contributed by atoms with Gasteiger partial charge in [0.25, 0.3) is 0 Å². The molecule has 0 radical (unpaired) electrons. The van der Waals surface area contributed by atoms with Crippen molar-refractivity contribution in [2.24, 2.45) is 0 Å². The number of hydrogen-bond donors (Lipinski definition) is 1. The molecular formula is C22H26N2OS. The van der Waals surface area contributed by atoms with Gasteiger partial charge in [0.05, 0.1) is 5.69 Å². The van der Waals surface area contributed by atoms with Gasteiger partial charge in [-0.05, 0) is 42.6 Å². The number of aromatic nitrogens is 1. The fraction of sp³-hybridized carbons (Fsp3) is 0.318. The highest BCUT2D eigenvalue weighted by Gasteiger charge is 2.14. The molecule has 1 atom stereocenters. The van der Waals surface area contributed by atoms with E-state index in [0.717, 1.165) is 35.0 Å². The highest BCUT2D eigenvalue weighted by Crippen LogP contribution is 2.35. The molecule has 0 fully saturated rings. The molecule has 3 nitrogen and oxygen atoms in total. The van der Waals surface area contributed by atoms with Crippen LogP contribution in [0.4, 0.5) is 0 Å². The SMILES string of the molecule is CCC(C)c1ccc(OCc2ccccc2)c(-c2csc(CNC)n2)c1. The Morgan fingerprint density at radius 2 is 1.96 bits per heavy atom. The molecule has 136 valence electrons. The van der Waals surface area contributed by atoms with E-state index in [1.54, 1.807) is 11.3 Å². The summed E-state index contributed by atoms with van der Waals surface area (Å²) in [5.74, 6) is 1.41. The van der Waals surface area contributed by atoms with E-state index >= 15 is 0 Å². The molecule has 1 aromatic heterocycles. The van der Waals surface area contributed by atoms with Crippen LogP contribution in [-0.2, 0) is 13.2 Å². The molecule has 0 amide bonds. The molecule has 4 heteroatoms. The highest BCUT2D eigenvalue weighted by atomic mass is 32.1. The van der Waals surface area contributed by atoms with Crippen molar-refractivity contribution in [3.8, 4) is 17.0 Å². The smallest absolute Gasteiger partial charge is 0.129 e. The van der Waals surface area contributed by atoms with Crippen molar-refractivity contribution in [1.29, 1.82) is 0 Å². The molecule has 0 saturated carbocycles. The second kappa shape index (κ2) is 8.97. The first-order chi connectivity index (χ1) is 12.7. The Bertz CT molecular complexity index is 829. The zero-order valence-corrected chi connectivity index (χ0v) is 16.5. The quantitative estimate of drug-likeness (QED) is 0.562. The Balaban J connectivity index is 1.91. The zero-order chi connectivity index (χ0) is 18.4. The van der Waals surface area contributed by atoms with Gasteiger partial charge in [-0.15, -0.1) is 11.3 Å². The molecule has 3 aromatic rings. The minimum absolute atomic E-state index is 0.521. The number of benzene rings is 2. The van der Waals surface area contributed by atoms with Crippen molar-refractivity contribution in [2.75, 3.05) is 7.05 Å². The largest absolute Gasteiger partial charge is 0.488 e. The van der Waals surface area contributed by atoms with Crippen LogP contribution in [0, 0.1) is 0 Å². The number of ether oxygens (including phenoxy) is 1. The Labute approximate surface area is 160 Å². The topological polar surface area (TPSA) is 34.1 Å². The van der Waals surface area contributed by atoms with Gasteiger partial charge in [-0.25, -0.2) is 4.98 Å². The highest BCUT2D eigenvalue weighted by molar-refractivity contribution is 7.09. The lowest BCUT2D eigenvalue weighted by atomic mass is 9.96. The van der Waals surface area contributed by atoms with E-state index < -0.39 is 0 Å². The minimum atomic E-state index is 0.521. The third kappa shape index (κ3) is 4.51. The van der Waals surface area contributed by atoms with Crippen molar-refractivity contribution in [3.63, 3.8) is 0 Å². The lowest BCUT2D eigenvalue weighted by molar-refractivity contribution is 0.307. The molecule has 1 heterocycles. The van der Waals surface area contributed by atoms with Crippen LogP contribution >= 0.6 is 11.3 Å². The molecule has 26 heavy (non-hydrogen) atoms. The van der Waals surface area contributed by atoms with Gasteiger partial charge in [-0.3, -0.25) is 0 Å². The van der Waals surface area contributed by atoms with Crippen molar-refractivity contribution < 1.29 is 4.74 Å². The average molecular weight is 367 g/mol. The number of hydrogen-bond acceptors (Lipinski definition) is 4. The molecule has 1 N–H and O–H groups in total. The summed E-state index contributed by atoms with van der Waals surface area (Å²) in [4.78, 5) is 4.79. The third-order valence-electron chi connectivity index (χ3n) is 4.58. The van der Waals surface area contributed by atoms with Gasteiger partial charge in [0.15, 0.2) is 0 Å².